The molecule has 0 fully saturated rings. The summed E-state index contributed by atoms with van der Waals surface area (Å²) in [5.41, 5.74) is -1.05. The van der Waals surface area contributed by atoms with E-state index in [0.29, 0.717) is 25.8 Å². The van der Waals surface area contributed by atoms with E-state index in [1.54, 1.807) is 4.57 Å². The van der Waals surface area contributed by atoms with Crippen LogP contribution < -0.4 is 5.43 Å². The number of aryl methyl sites for hydroxylation is 1. The first kappa shape index (κ1) is 13.9. The minimum atomic E-state index is -0.701. The van der Waals surface area contributed by atoms with Gasteiger partial charge in [0, 0.05) is 25.2 Å². The highest BCUT2D eigenvalue weighted by Crippen LogP contribution is 2.05. The van der Waals surface area contributed by atoms with E-state index >= 15 is 0 Å². The molecule has 0 aliphatic carbocycles. The summed E-state index contributed by atoms with van der Waals surface area (Å²) in [6.07, 6.45) is 4.33. The molecule has 0 radical (unpaired) electrons. The number of pyridine rings is 1. The molecule has 0 amide bonds. The molecule has 0 unspecified atom stereocenters. The largest absolute Gasteiger partial charge is 0.469 e. The zero-order valence-electron chi connectivity index (χ0n) is 10.00. The number of carbonyl (C=O) groups is 1. The predicted octanol–water partition coefficient (Wildman–Crippen LogP) is 1.10. The van der Waals surface area contributed by atoms with E-state index in [2.05, 4.69) is 4.74 Å². The summed E-state index contributed by atoms with van der Waals surface area (Å²) in [6, 6.07) is 1.17. The van der Waals surface area contributed by atoms with Crippen LogP contribution in [0.15, 0.2) is 23.3 Å². The summed E-state index contributed by atoms with van der Waals surface area (Å²) in [5, 5.41) is 10.6. The Morgan fingerprint density at radius 1 is 1.50 bits per heavy atom. The van der Waals surface area contributed by atoms with E-state index in [4.69, 9.17) is 0 Å². The smallest absolute Gasteiger partial charge is 0.332 e. The Morgan fingerprint density at radius 3 is 2.83 bits per heavy atom. The Balaban J connectivity index is 2.53. The molecule has 0 aromatic carbocycles. The second-order valence-corrected chi connectivity index (χ2v) is 3.72. The molecule has 1 heterocycles. The van der Waals surface area contributed by atoms with Crippen molar-refractivity contribution in [3.63, 3.8) is 0 Å². The fraction of sp³-hybridized carbons (Fsp3) is 0.455. The van der Waals surface area contributed by atoms with E-state index < -0.39 is 16.0 Å². The number of nitrogens with zero attached hydrogens (tertiary/aromatic N) is 2. The van der Waals surface area contributed by atoms with Crippen LogP contribution in [-0.2, 0) is 16.1 Å². The lowest BCUT2D eigenvalue weighted by Gasteiger charge is -2.05. The summed E-state index contributed by atoms with van der Waals surface area (Å²) in [7, 11) is 1.33. The number of unbranched alkanes of at least 4 members (excludes halogenated alkanes) is 1. The SMILES string of the molecule is COC(=O)CCCCn1ccc(=O)c([N+](=O)[O-])c1. The first-order valence-corrected chi connectivity index (χ1v) is 5.46. The first-order chi connectivity index (χ1) is 8.54. The van der Waals surface area contributed by atoms with Crippen molar-refractivity contribution in [2.75, 3.05) is 7.11 Å². The second-order valence-electron chi connectivity index (χ2n) is 3.72. The van der Waals surface area contributed by atoms with Gasteiger partial charge in [-0.15, -0.1) is 0 Å². The summed E-state index contributed by atoms with van der Waals surface area (Å²) in [4.78, 5) is 31.9. The Morgan fingerprint density at radius 2 is 2.22 bits per heavy atom. The van der Waals surface area contributed by atoms with Crippen molar-refractivity contribution in [3.8, 4) is 0 Å². The zero-order chi connectivity index (χ0) is 13.5. The van der Waals surface area contributed by atoms with Crippen LogP contribution in [0.5, 0.6) is 0 Å². The van der Waals surface area contributed by atoms with E-state index in [9.17, 15) is 19.7 Å². The maximum Gasteiger partial charge on any atom is 0.332 e. The van der Waals surface area contributed by atoms with Gasteiger partial charge in [-0.05, 0) is 12.8 Å². The monoisotopic (exact) mass is 254 g/mol. The number of aromatic nitrogens is 1. The third-order valence-corrected chi connectivity index (χ3v) is 2.43. The van der Waals surface area contributed by atoms with Gasteiger partial charge in [0.25, 0.3) is 5.43 Å². The minimum absolute atomic E-state index is 0.277. The lowest BCUT2D eigenvalue weighted by atomic mass is 10.2. The van der Waals surface area contributed by atoms with Crippen LogP contribution in [0.4, 0.5) is 5.69 Å². The minimum Gasteiger partial charge on any atom is -0.469 e. The van der Waals surface area contributed by atoms with Crippen molar-refractivity contribution in [1.82, 2.24) is 4.57 Å². The quantitative estimate of drug-likeness (QED) is 0.328. The molecule has 0 bridgehead atoms. The van der Waals surface area contributed by atoms with Crippen LogP contribution in [0, 0.1) is 10.1 Å². The van der Waals surface area contributed by atoms with Gasteiger partial charge in [-0.3, -0.25) is 19.7 Å². The molecule has 0 saturated carbocycles. The van der Waals surface area contributed by atoms with E-state index in [1.807, 2.05) is 0 Å². The molecule has 0 saturated heterocycles. The van der Waals surface area contributed by atoms with Crippen LogP contribution in [0.1, 0.15) is 19.3 Å². The van der Waals surface area contributed by atoms with Crippen molar-refractivity contribution in [3.05, 3.63) is 38.8 Å². The maximum absolute atomic E-state index is 11.2. The van der Waals surface area contributed by atoms with E-state index in [-0.39, 0.29) is 5.97 Å². The number of methoxy groups -OCH3 is 1. The number of rotatable bonds is 6. The Labute approximate surface area is 103 Å². The van der Waals surface area contributed by atoms with Crippen molar-refractivity contribution in [2.24, 2.45) is 0 Å². The van der Waals surface area contributed by atoms with Crippen molar-refractivity contribution in [2.45, 2.75) is 25.8 Å². The van der Waals surface area contributed by atoms with Gasteiger partial charge in [0.15, 0.2) is 0 Å². The lowest BCUT2D eigenvalue weighted by Crippen LogP contribution is -2.11. The predicted molar refractivity (Wildman–Crippen MR) is 63.2 cm³/mol. The van der Waals surface area contributed by atoms with E-state index in [0.717, 1.165) is 0 Å². The van der Waals surface area contributed by atoms with Crippen molar-refractivity contribution in [1.29, 1.82) is 0 Å². The average Bonchev–Trinajstić information content (AvgIpc) is 2.35. The highest BCUT2D eigenvalue weighted by Gasteiger charge is 2.11. The number of carbonyl (C=O) groups excluding carboxylic acids is 1. The van der Waals surface area contributed by atoms with Gasteiger partial charge in [-0.25, -0.2) is 0 Å². The van der Waals surface area contributed by atoms with Gasteiger partial charge in [-0.1, -0.05) is 0 Å². The Hall–Kier alpha value is -2.18. The van der Waals surface area contributed by atoms with Crippen molar-refractivity contribution < 1.29 is 14.5 Å². The standard InChI is InChI=1S/C11H14N2O5/c1-18-11(15)4-2-3-6-12-7-5-10(14)9(8-12)13(16)17/h5,7-8H,2-4,6H2,1H3. The van der Waals surface area contributed by atoms with Gasteiger partial charge in [0.1, 0.15) is 0 Å². The van der Waals surface area contributed by atoms with Crippen LogP contribution >= 0.6 is 0 Å². The summed E-state index contributed by atoms with van der Waals surface area (Å²) in [6.45, 7) is 0.512. The zero-order valence-corrected chi connectivity index (χ0v) is 10.00. The molecule has 0 aliphatic rings. The highest BCUT2D eigenvalue weighted by atomic mass is 16.6. The maximum atomic E-state index is 11.2. The molecule has 98 valence electrons. The number of hydrogen-bond donors (Lipinski definition) is 0. The summed E-state index contributed by atoms with van der Waals surface area (Å²) >= 11 is 0. The number of nitro groups is 1. The molecule has 1 aromatic heterocycles. The fourth-order valence-electron chi connectivity index (χ4n) is 1.45. The van der Waals surface area contributed by atoms with Gasteiger partial charge in [0.2, 0.25) is 0 Å². The summed E-state index contributed by atoms with van der Waals surface area (Å²) in [5.74, 6) is -0.277. The van der Waals surface area contributed by atoms with Gasteiger partial charge < -0.3 is 9.30 Å². The normalized spacial score (nSPS) is 10.1. The molecule has 1 aromatic rings. The molecule has 18 heavy (non-hydrogen) atoms. The molecule has 0 atom stereocenters. The first-order valence-electron chi connectivity index (χ1n) is 5.46. The number of ether oxygens (including phenoxy) is 1. The highest BCUT2D eigenvalue weighted by molar-refractivity contribution is 5.68. The lowest BCUT2D eigenvalue weighted by molar-refractivity contribution is -0.386. The molecular formula is C11H14N2O5. The third-order valence-electron chi connectivity index (χ3n) is 2.43. The molecular weight excluding hydrogens is 240 g/mol. The molecule has 0 N–H and O–H groups in total. The third kappa shape index (κ3) is 4.00. The fourth-order valence-corrected chi connectivity index (χ4v) is 1.45. The van der Waals surface area contributed by atoms with Gasteiger partial charge in [0.05, 0.1) is 18.2 Å². The number of esters is 1. The van der Waals surface area contributed by atoms with Crippen LogP contribution in [0.3, 0.4) is 0 Å². The van der Waals surface area contributed by atoms with E-state index in [1.165, 1.54) is 25.6 Å². The topological polar surface area (TPSA) is 91.4 Å². The van der Waals surface area contributed by atoms with Gasteiger partial charge >= 0.3 is 11.7 Å². The molecule has 7 heteroatoms. The Bertz CT molecular complexity index is 494. The number of hydrogen-bond acceptors (Lipinski definition) is 5. The van der Waals surface area contributed by atoms with Crippen LogP contribution in [-0.4, -0.2) is 22.6 Å². The average molecular weight is 254 g/mol. The molecule has 7 nitrogen and oxygen atoms in total. The van der Waals surface area contributed by atoms with Crippen LogP contribution in [0.2, 0.25) is 0 Å². The Kier molecular flexibility index (Phi) is 5.04. The molecule has 1 rings (SSSR count). The van der Waals surface area contributed by atoms with Crippen molar-refractivity contribution >= 4 is 11.7 Å². The summed E-state index contributed by atoms with van der Waals surface area (Å²) < 4.78 is 6.06. The van der Waals surface area contributed by atoms with Gasteiger partial charge in [-0.2, -0.15) is 0 Å². The second kappa shape index (κ2) is 6.53. The molecule has 0 spiro atoms. The van der Waals surface area contributed by atoms with Crippen LogP contribution in [0.25, 0.3) is 0 Å². The molecule has 0 aliphatic heterocycles.